The molecule has 0 bridgehead atoms. The minimum atomic E-state index is -0.622. The quantitative estimate of drug-likeness (QED) is 0.658. The van der Waals surface area contributed by atoms with E-state index in [1.54, 1.807) is 36.4 Å². The monoisotopic (exact) mass is 354 g/mol. The first kappa shape index (κ1) is 17.8. The standard InChI is InChI=1S/C20H19FN2O3/c1-13(2)11-23-19(24)17-6-4-3-5-16(17)18(22-23)20(25)26-12-14-7-9-15(21)10-8-14/h3-10,13H,11-12H2,1-2H3. The lowest BCUT2D eigenvalue weighted by atomic mass is 10.1. The predicted octanol–water partition coefficient (Wildman–Crippen LogP) is 3.55. The number of ether oxygens (including phenoxy) is 1. The van der Waals surface area contributed by atoms with Crippen molar-refractivity contribution in [2.24, 2.45) is 5.92 Å². The first-order chi connectivity index (χ1) is 12.5. The molecule has 0 aliphatic heterocycles. The molecule has 26 heavy (non-hydrogen) atoms. The van der Waals surface area contributed by atoms with Gasteiger partial charge >= 0.3 is 5.97 Å². The average Bonchev–Trinajstić information content (AvgIpc) is 2.63. The van der Waals surface area contributed by atoms with Crippen LogP contribution in [0.1, 0.15) is 29.9 Å². The second-order valence-electron chi connectivity index (χ2n) is 6.48. The van der Waals surface area contributed by atoms with Crippen LogP contribution in [0.25, 0.3) is 10.8 Å². The summed E-state index contributed by atoms with van der Waals surface area (Å²) >= 11 is 0. The minimum absolute atomic E-state index is 0.00156. The molecule has 6 heteroatoms. The third-order valence-corrected chi connectivity index (χ3v) is 3.88. The van der Waals surface area contributed by atoms with Crippen molar-refractivity contribution in [3.8, 4) is 0 Å². The fraction of sp³-hybridized carbons (Fsp3) is 0.250. The number of hydrogen-bond acceptors (Lipinski definition) is 4. The highest BCUT2D eigenvalue weighted by Crippen LogP contribution is 2.16. The van der Waals surface area contributed by atoms with Gasteiger partial charge in [-0.3, -0.25) is 4.79 Å². The lowest BCUT2D eigenvalue weighted by molar-refractivity contribution is 0.0465. The Kier molecular flexibility index (Phi) is 5.11. The Balaban J connectivity index is 1.94. The fourth-order valence-electron chi connectivity index (χ4n) is 2.65. The lowest BCUT2D eigenvalue weighted by Crippen LogP contribution is -2.28. The molecule has 0 aliphatic rings. The van der Waals surface area contributed by atoms with Crippen LogP contribution in [0.4, 0.5) is 4.39 Å². The van der Waals surface area contributed by atoms with Crippen LogP contribution >= 0.6 is 0 Å². The molecule has 0 aliphatic carbocycles. The highest BCUT2D eigenvalue weighted by atomic mass is 19.1. The Labute approximate surface area is 150 Å². The van der Waals surface area contributed by atoms with Gasteiger partial charge in [-0.05, 0) is 29.7 Å². The summed E-state index contributed by atoms with van der Waals surface area (Å²) in [5.41, 5.74) is 0.534. The van der Waals surface area contributed by atoms with E-state index in [0.29, 0.717) is 22.9 Å². The maximum Gasteiger partial charge on any atom is 0.359 e. The van der Waals surface area contributed by atoms with Crippen molar-refractivity contribution < 1.29 is 13.9 Å². The number of carbonyl (C=O) groups is 1. The molecule has 0 amide bonds. The van der Waals surface area contributed by atoms with Crippen LogP contribution in [0.15, 0.2) is 53.3 Å². The lowest BCUT2D eigenvalue weighted by Gasteiger charge is -2.12. The van der Waals surface area contributed by atoms with Crippen molar-refractivity contribution in [3.05, 3.63) is 76.0 Å². The molecule has 0 radical (unpaired) electrons. The van der Waals surface area contributed by atoms with E-state index in [-0.39, 0.29) is 29.6 Å². The second-order valence-corrected chi connectivity index (χ2v) is 6.48. The number of halogens is 1. The topological polar surface area (TPSA) is 61.2 Å². The summed E-state index contributed by atoms with van der Waals surface area (Å²) in [6.45, 7) is 4.34. The van der Waals surface area contributed by atoms with E-state index in [4.69, 9.17) is 4.74 Å². The van der Waals surface area contributed by atoms with Crippen LogP contribution in [0.2, 0.25) is 0 Å². The third kappa shape index (κ3) is 3.79. The zero-order chi connectivity index (χ0) is 18.7. The van der Waals surface area contributed by atoms with Gasteiger partial charge in [-0.25, -0.2) is 13.9 Å². The summed E-state index contributed by atoms with van der Waals surface area (Å²) in [6, 6.07) is 12.6. The summed E-state index contributed by atoms with van der Waals surface area (Å²) in [5, 5.41) is 5.12. The fourth-order valence-corrected chi connectivity index (χ4v) is 2.65. The molecule has 0 fully saturated rings. The Hall–Kier alpha value is -3.02. The summed E-state index contributed by atoms with van der Waals surface area (Å²) < 4.78 is 19.6. The van der Waals surface area contributed by atoms with Crippen molar-refractivity contribution in [2.45, 2.75) is 27.0 Å². The van der Waals surface area contributed by atoms with Crippen LogP contribution in [-0.2, 0) is 17.9 Å². The molecule has 0 atom stereocenters. The van der Waals surface area contributed by atoms with E-state index in [1.165, 1.54) is 16.8 Å². The van der Waals surface area contributed by atoms with E-state index >= 15 is 0 Å². The zero-order valence-electron chi connectivity index (χ0n) is 14.6. The van der Waals surface area contributed by atoms with Crippen LogP contribution in [0.3, 0.4) is 0 Å². The molecule has 3 rings (SSSR count). The number of fused-ring (bicyclic) bond motifs is 1. The van der Waals surface area contributed by atoms with Crippen LogP contribution < -0.4 is 5.56 Å². The first-order valence-electron chi connectivity index (χ1n) is 8.37. The maximum absolute atomic E-state index is 13.0. The number of benzene rings is 2. The minimum Gasteiger partial charge on any atom is -0.456 e. The van der Waals surface area contributed by atoms with E-state index in [2.05, 4.69) is 5.10 Å². The van der Waals surface area contributed by atoms with Crippen molar-refractivity contribution in [1.82, 2.24) is 9.78 Å². The Bertz CT molecular complexity index is 994. The van der Waals surface area contributed by atoms with Gasteiger partial charge < -0.3 is 4.74 Å². The number of rotatable bonds is 5. The van der Waals surface area contributed by atoms with Crippen molar-refractivity contribution >= 4 is 16.7 Å². The zero-order valence-corrected chi connectivity index (χ0v) is 14.6. The Morgan fingerprint density at radius 2 is 1.77 bits per heavy atom. The molecule has 2 aromatic carbocycles. The van der Waals surface area contributed by atoms with Crippen molar-refractivity contribution in [1.29, 1.82) is 0 Å². The van der Waals surface area contributed by atoms with E-state index in [9.17, 15) is 14.0 Å². The smallest absolute Gasteiger partial charge is 0.359 e. The summed E-state index contributed by atoms with van der Waals surface area (Å²) in [7, 11) is 0. The maximum atomic E-state index is 13.0. The summed E-state index contributed by atoms with van der Waals surface area (Å²) in [5.74, 6) is -0.777. The molecular weight excluding hydrogens is 335 g/mol. The SMILES string of the molecule is CC(C)Cn1nc(C(=O)OCc2ccc(F)cc2)c2ccccc2c1=O. The van der Waals surface area contributed by atoms with Gasteiger partial charge in [-0.2, -0.15) is 5.10 Å². The highest BCUT2D eigenvalue weighted by Gasteiger charge is 2.18. The predicted molar refractivity (Wildman–Crippen MR) is 96.4 cm³/mol. The highest BCUT2D eigenvalue weighted by molar-refractivity contribution is 6.02. The third-order valence-electron chi connectivity index (χ3n) is 3.88. The molecule has 0 saturated heterocycles. The van der Waals surface area contributed by atoms with Crippen LogP contribution in [0, 0.1) is 11.7 Å². The van der Waals surface area contributed by atoms with Gasteiger partial charge in [0, 0.05) is 11.9 Å². The number of carbonyl (C=O) groups excluding carboxylic acids is 1. The van der Waals surface area contributed by atoms with Crippen LogP contribution in [0.5, 0.6) is 0 Å². The number of aromatic nitrogens is 2. The summed E-state index contributed by atoms with van der Waals surface area (Å²) in [4.78, 5) is 25.1. The molecule has 1 heterocycles. The molecule has 0 spiro atoms. The van der Waals surface area contributed by atoms with Gasteiger partial charge in [0.25, 0.3) is 5.56 Å². The van der Waals surface area contributed by atoms with Gasteiger partial charge in [-0.1, -0.05) is 44.2 Å². The molecular formula is C20H19FN2O3. The first-order valence-corrected chi connectivity index (χ1v) is 8.37. The van der Waals surface area contributed by atoms with E-state index < -0.39 is 5.97 Å². The molecule has 5 nitrogen and oxygen atoms in total. The van der Waals surface area contributed by atoms with Gasteiger partial charge in [-0.15, -0.1) is 0 Å². The normalized spacial score (nSPS) is 11.1. The molecule has 134 valence electrons. The molecule has 0 unspecified atom stereocenters. The number of esters is 1. The van der Waals surface area contributed by atoms with Gasteiger partial charge in [0.2, 0.25) is 0 Å². The molecule has 1 aromatic heterocycles. The van der Waals surface area contributed by atoms with Gasteiger partial charge in [0.1, 0.15) is 12.4 Å². The molecule has 0 saturated carbocycles. The van der Waals surface area contributed by atoms with Crippen molar-refractivity contribution in [3.63, 3.8) is 0 Å². The Morgan fingerprint density at radius 1 is 1.12 bits per heavy atom. The van der Waals surface area contributed by atoms with Crippen molar-refractivity contribution in [2.75, 3.05) is 0 Å². The van der Waals surface area contributed by atoms with Gasteiger partial charge in [0.05, 0.1) is 5.39 Å². The van der Waals surface area contributed by atoms with E-state index in [1.807, 2.05) is 13.8 Å². The van der Waals surface area contributed by atoms with E-state index in [0.717, 1.165) is 0 Å². The second kappa shape index (κ2) is 7.47. The Morgan fingerprint density at radius 3 is 2.42 bits per heavy atom. The largest absolute Gasteiger partial charge is 0.456 e. The number of hydrogen-bond donors (Lipinski definition) is 0. The molecule has 3 aromatic rings. The average molecular weight is 354 g/mol. The number of nitrogens with zero attached hydrogens (tertiary/aromatic N) is 2. The molecule has 0 N–H and O–H groups in total. The van der Waals surface area contributed by atoms with Crippen LogP contribution in [-0.4, -0.2) is 15.7 Å². The van der Waals surface area contributed by atoms with Gasteiger partial charge in [0.15, 0.2) is 5.69 Å². The summed E-state index contributed by atoms with van der Waals surface area (Å²) in [6.07, 6.45) is 0.